The molecule has 0 saturated heterocycles. The van der Waals surface area contributed by atoms with Crippen LogP contribution in [0.1, 0.15) is 88.2 Å². The molecule has 2 aromatic carbocycles. The highest BCUT2D eigenvalue weighted by atomic mass is 28.4. The number of nitrogens with zero attached hydrogens (tertiary/aromatic N) is 4. The van der Waals surface area contributed by atoms with Gasteiger partial charge in [-0.2, -0.15) is 10.4 Å². The monoisotopic (exact) mass is 598 g/mol. The van der Waals surface area contributed by atoms with Gasteiger partial charge in [0.05, 0.1) is 17.5 Å². The highest BCUT2D eigenvalue weighted by Crippen LogP contribution is 2.40. The van der Waals surface area contributed by atoms with Gasteiger partial charge in [0.25, 0.3) is 5.56 Å². The smallest absolute Gasteiger partial charge is 0.257 e. The molecule has 5 rings (SSSR count). The lowest BCUT2D eigenvalue weighted by atomic mass is 9.91. The molecular weight excluding hydrogens is 555 g/mol. The maximum Gasteiger partial charge on any atom is 0.257 e. The summed E-state index contributed by atoms with van der Waals surface area (Å²) >= 11 is 0. The molecule has 4 aromatic rings. The Hall–Kier alpha value is -3.54. The predicted molar refractivity (Wildman–Crippen MR) is 172 cm³/mol. The van der Waals surface area contributed by atoms with E-state index in [1.165, 1.54) is 6.20 Å². The highest BCUT2D eigenvalue weighted by molar-refractivity contribution is 6.74. The predicted octanol–water partition coefficient (Wildman–Crippen LogP) is 8.22. The molecule has 0 aliphatic heterocycles. The fourth-order valence-electron chi connectivity index (χ4n) is 6.18. The quantitative estimate of drug-likeness (QED) is 0.192. The molecule has 1 saturated carbocycles. The Morgan fingerprint density at radius 2 is 1.77 bits per heavy atom. The van der Waals surface area contributed by atoms with Gasteiger partial charge in [-0.15, -0.1) is 0 Å². The molecule has 43 heavy (non-hydrogen) atoms. The van der Waals surface area contributed by atoms with Gasteiger partial charge in [0.15, 0.2) is 19.8 Å². The van der Waals surface area contributed by atoms with Crippen molar-refractivity contribution in [1.82, 2.24) is 14.2 Å². The van der Waals surface area contributed by atoms with Gasteiger partial charge in [0, 0.05) is 24.1 Å². The SMILES string of the molecule is CCCc1c(Cc2cccc(-c3ccccc3)c2C#N)c(=O)n(C2CCC(O[Si](C)(C)C(C)(C)C)CC2)c2c(F)cnn12. The summed E-state index contributed by atoms with van der Waals surface area (Å²) in [5.74, 6) is -0.482. The first kappa shape index (κ1) is 30.9. The Kier molecular flexibility index (Phi) is 8.78. The van der Waals surface area contributed by atoms with Crippen LogP contribution in [0.4, 0.5) is 4.39 Å². The van der Waals surface area contributed by atoms with Crippen LogP contribution in [-0.4, -0.2) is 28.6 Å². The van der Waals surface area contributed by atoms with Crippen LogP contribution in [0.15, 0.2) is 59.5 Å². The van der Waals surface area contributed by atoms with Gasteiger partial charge in [-0.3, -0.25) is 9.36 Å². The van der Waals surface area contributed by atoms with Crippen molar-refractivity contribution < 1.29 is 8.82 Å². The van der Waals surface area contributed by atoms with Crippen molar-refractivity contribution in [3.05, 3.63) is 93.3 Å². The van der Waals surface area contributed by atoms with Crippen LogP contribution in [0.3, 0.4) is 0 Å². The molecule has 0 amide bonds. The van der Waals surface area contributed by atoms with Crippen molar-refractivity contribution in [3.8, 4) is 17.2 Å². The average Bonchev–Trinajstić information content (AvgIpc) is 3.36. The molecular formula is C35H43FN4O2Si. The number of aryl methyl sites for hydroxylation is 1. The summed E-state index contributed by atoms with van der Waals surface area (Å²) in [6, 6.07) is 17.9. The van der Waals surface area contributed by atoms with Crippen LogP contribution in [-0.2, 0) is 17.3 Å². The molecule has 0 unspecified atom stereocenters. The number of hydrogen-bond acceptors (Lipinski definition) is 4. The fraction of sp³-hybridized carbons (Fsp3) is 0.457. The molecule has 226 valence electrons. The van der Waals surface area contributed by atoms with Crippen LogP contribution < -0.4 is 5.56 Å². The first-order valence-electron chi connectivity index (χ1n) is 15.5. The minimum atomic E-state index is -1.92. The van der Waals surface area contributed by atoms with E-state index in [1.807, 2.05) is 55.5 Å². The molecule has 1 aliphatic rings. The van der Waals surface area contributed by atoms with Crippen LogP contribution in [0.5, 0.6) is 0 Å². The van der Waals surface area contributed by atoms with Gasteiger partial charge in [0.2, 0.25) is 0 Å². The van der Waals surface area contributed by atoms with Crippen molar-refractivity contribution in [2.45, 2.75) is 103 Å². The second kappa shape index (κ2) is 12.2. The fourth-order valence-corrected chi connectivity index (χ4v) is 7.61. The number of hydrogen-bond donors (Lipinski definition) is 0. The standard InChI is InChI=1S/C35H43FN4O2Si/c1-7-12-32-29(21-25-15-11-16-28(30(25)22-37)24-13-9-8-10-14-24)34(41)39(33-31(36)23-38-40(32)33)26-17-19-27(20-18-26)42-43(5,6)35(2,3)4/h8-11,13-16,23,26-27H,7,12,17-21H2,1-6H3. The third-order valence-electron chi connectivity index (χ3n) is 9.49. The number of halogens is 1. The van der Waals surface area contributed by atoms with Gasteiger partial charge in [-0.25, -0.2) is 8.91 Å². The Balaban J connectivity index is 1.56. The number of fused-ring (bicyclic) bond motifs is 1. The van der Waals surface area contributed by atoms with Gasteiger partial charge >= 0.3 is 0 Å². The van der Waals surface area contributed by atoms with E-state index in [9.17, 15) is 10.1 Å². The van der Waals surface area contributed by atoms with E-state index in [0.29, 0.717) is 23.2 Å². The van der Waals surface area contributed by atoms with E-state index in [2.05, 4.69) is 45.0 Å². The average molecular weight is 599 g/mol. The molecule has 0 spiro atoms. The second-order valence-electron chi connectivity index (χ2n) is 13.4. The molecule has 0 atom stereocenters. The summed E-state index contributed by atoms with van der Waals surface area (Å²) in [6.07, 6.45) is 6.13. The highest BCUT2D eigenvalue weighted by Gasteiger charge is 2.40. The third kappa shape index (κ3) is 5.98. The molecule has 2 aromatic heterocycles. The molecule has 0 N–H and O–H groups in total. The van der Waals surface area contributed by atoms with E-state index < -0.39 is 14.1 Å². The first-order chi connectivity index (χ1) is 20.5. The summed E-state index contributed by atoms with van der Waals surface area (Å²) in [6.45, 7) is 13.3. The molecule has 0 radical (unpaired) electrons. The maximum absolute atomic E-state index is 15.4. The molecule has 1 fully saturated rings. The van der Waals surface area contributed by atoms with E-state index in [-0.39, 0.29) is 34.8 Å². The lowest BCUT2D eigenvalue weighted by molar-refractivity contribution is 0.118. The van der Waals surface area contributed by atoms with E-state index in [4.69, 9.17) is 4.43 Å². The molecule has 1 aliphatic carbocycles. The summed E-state index contributed by atoms with van der Waals surface area (Å²) < 4.78 is 25.4. The Bertz CT molecular complexity index is 1700. The van der Waals surface area contributed by atoms with Gasteiger partial charge in [-0.05, 0) is 66.9 Å². The van der Waals surface area contributed by atoms with Crippen LogP contribution in [0.25, 0.3) is 16.8 Å². The lowest BCUT2D eigenvalue weighted by Crippen LogP contribution is -2.45. The zero-order valence-electron chi connectivity index (χ0n) is 26.3. The topological polar surface area (TPSA) is 72.3 Å². The van der Waals surface area contributed by atoms with Crippen molar-refractivity contribution in [1.29, 1.82) is 5.26 Å². The third-order valence-corrected chi connectivity index (χ3v) is 14.0. The number of nitriles is 1. The summed E-state index contributed by atoms with van der Waals surface area (Å²) in [5, 5.41) is 14.8. The van der Waals surface area contributed by atoms with E-state index in [1.54, 1.807) is 9.08 Å². The first-order valence-corrected chi connectivity index (χ1v) is 18.4. The van der Waals surface area contributed by atoms with Gasteiger partial charge < -0.3 is 4.43 Å². The zero-order valence-corrected chi connectivity index (χ0v) is 27.3. The largest absolute Gasteiger partial charge is 0.414 e. The van der Waals surface area contributed by atoms with Crippen molar-refractivity contribution in [3.63, 3.8) is 0 Å². The second-order valence-corrected chi connectivity index (χ2v) is 18.1. The minimum absolute atomic E-state index is 0.123. The molecule has 8 heteroatoms. The number of benzene rings is 2. The lowest BCUT2D eigenvalue weighted by Gasteiger charge is -2.41. The maximum atomic E-state index is 15.4. The van der Waals surface area contributed by atoms with E-state index in [0.717, 1.165) is 48.8 Å². The summed E-state index contributed by atoms with van der Waals surface area (Å²) in [7, 11) is -1.92. The van der Waals surface area contributed by atoms with Gasteiger partial charge in [-0.1, -0.05) is 82.6 Å². The van der Waals surface area contributed by atoms with Crippen LogP contribution >= 0.6 is 0 Å². The Morgan fingerprint density at radius 1 is 1.07 bits per heavy atom. The molecule has 0 bridgehead atoms. The minimum Gasteiger partial charge on any atom is -0.414 e. The number of aromatic nitrogens is 3. The normalized spacial score (nSPS) is 17.7. The Morgan fingerprint density at radius 3 is 2.40 bits per heavy atom. The molecule has 2 heterocycles. The van der Waals surface area contributed by atoms with Crippen LogP contribution in [0, 0.1) is 17.1 Å². The van der Waals surface area contributed by atoms with Crippen molar-refractivity contribution in [2.75, 3.05) is 0 Å². The zero-order chi connectivity index (χ0) is 30.9. The van der Waals surface area contributed by atoms with Crippen molar-refractivity contribution >= 4 is 14.0 Å². The number of rotatable bonds is 8. The van der Waals surface area contributed by atoms with Gasteiger partial charge in [0.1, 0.15) is 6.07 Å². The van der Waals surface area contributed by atoms with Crippen LogP contribution in [0.2, 0.25) is 18.1 Å². The summed E-state index contributed by atoms with van der Waals surface area (Å²) in [4.78, 5) is 14.5. The summed E-state index contributed by atoms with van der Waals surface area (Å²) in [5.41, 5.74) is 4.48. The molecule has 6 nitrogen and oxygen atoms in total. The van der Waals surface area contributed by atoms with E-state index >= 15 is 4.39 Å². The Labute approximate surface area is 255 Å². The van der Waals surface area contributed by atoms with Crippen molar-refractivity contribution in [2.24, 2.45) is 0 Å².